The molecule has 0 aliphatic carbocycles. The standard InChI is InChI=1S/C22H23F2N7O/c1-12-4-5-14(23)19(28-12)20-15(24)9-16(26)21(30-20)22(32)29-17-10-27-7-6-18(17)31-8-2-3-13(25)11-31/h4-7,9-10,13H,2-3,8,11,25-26H2,1H3,(H,29,32). The van der Waals surface area contributed by atoms with Gasteiger partial charge in [-0.15, -0.1) is 0 Å². The summed E-state index contributed by atoms with van der Waals surface area (Å²) in [4.78, 5) is 27.2. The van der Waals surface area contributed by atoms with Gasteiger partial charge in [-0.3, -0.25) is 9.78 Å². The van der Waals surface area contributed by atoms with E-state index in [1.54, 1.807) is 19.2 Å². The van der Waals surface area contributed by atoms with Crippen LogP contribution in [0.1, 0.15) is 29.0 Å². The van der Waals surface area contributed by atoms with Gasteiger partial charge in [-0.1, -0.05) is 0 Å². The van der Waals surface area contributed by atoms with Crippen LogP contribution in [0.25, 0.3) is 11.4 Å². The number of aromatic nitrogens is 3. The van der Waals surface area contributed by atoms with Crippen molar-refractivity contribution in [2.45, 2.75) is 25.8 Å². The summed E-state index contributed by atoms with van der Waals surface area (Å²) >= 11 is 0. The van der Waals surface area contributed by atoms with Crippen molar-refractivity contribution in [1.82, 2.24) is 15.0 Å². The van der Waals surface area contributed by atoms with Gasteiger partial charge in [-0.2, -0.15) is 0 Å². The highest BCUT2D eigenvalue weighted by atomic mass is 19.1. The molecule has 0 spiro atoms. The minimum atomic E-state index is -0.875. The molecule has 1 aliphatic rings. The largest absolute Gasteiger partial charge is 0.397 e. The number of carbonyl (C=O) groups is 1. The van der Waals surface area contributed by atoms with Crippen LogP contribution in [-0.2, 0) is 0 Å². The highest BCUT2D eigenvalue weighted by Crippen LogP contribution is 2.29. The topological polar surface area (TPSA) is 123 Å². The summed E-state index contributed by atoms with van der Waals surface area (Å²) in [5.74, 6) is -2.30. The lowest BCUT2D eigenvalue weighted by Crippen LogP contribution is -2.43. The first-order valence-electron chi connectivity index (χ1n) is 10.2. The molecule has 0 bridgehead atoms. The monoisotopic (exact) mass is 439 g/mol. The quantitative estimate of drug-likeness (QED) is 0.571. The van der Waals surface area contributed by atoms with Crippen LogP contribution in [0.5, 0.6) is 0 Å². The predicted octanol–water partition coefficient (Wildman–Crippen LogP) is 2.89. The van der Waals surface area contributed by atoms with Crippen LogP contribution in [0.3, 0.4) is 0 Å². The number of hydrogen-bond donors (Lipinski definition) is 3. The van der Waals surface area contributed by atoms with Crippen LogP contribution in [0.15, 0.2) is 36.7 Å². The molecule has 1 fully saturated rings. The van der Waals surface area contributed by atoms with Crippen molar-refractivity contribution in [2.24, 2.45) is 5.73 Å². The van der Waals surface area contributed by atoms with Gasteiger partial charge in [0.25, 0.3) is 5.91 Å². The Morgan fingerprint density at radius 1 is 1.19 bits per heavy atom. The highest BCUT2D eigenvalue weighted by molar-refractivity contribution is 6.07. The van der Waals surface area contributed by atoms with Gasteiger partial charge in [0.15, 0.2) is 17.3 Å². The van der Waals surface area contributed by atoms with E-state index in [2.05, 4.69) is 25.2 Å². The smallest absolute Gasteiger partial charge is 0.276 e. The van der Waals surface area contributed by atoms with E-state index in [-0.39, 0.29) is 28.8 Å². The number of pyridine rings is 3. The van der Waals surface area contributed by atoms with E-state index in [1.807, 2.05) is 0 Å². The average molecular weight is 439 g/mol. The van der Waals surface area contributed by atoms with Crippen molar-refractivity contribution < 1.29 is 13.6 Å². The first-order chi connectivity index (χ1) is 15.3. The lowest BCUT2D eigenvalue weighted by atomic mass is 10.1. The molecule has 3 aromatic heterocycles. The molecule has 32 heavy (non-hydrogen) atoms. The van der Waals surface area contributed by atoms with Crippen molar-refractivity contribution in [3.63, 3.8) is 0 Å². The maximum Gasteiger partial charge on any atom is 0.276 e. The molecule has 8 nitrogen and oxygen atoms in total. The molecule has 0 saturated carbocycles. The number of nitrogens with two attached hydrogens (primary N) is 2. The van der Waals surface area contributed by atoms with Crippen molar-refractivity contribution in [3.8, 4) is 11.4 Å². The van der Waals surface area contributed by atoms with E-state index in [4.69, 9.17) is 11.5 Å². The summed E-state index contributed by atoms with van der Waals surface area (Å²) in [6, 6.07) is 5.38. The number of carbonyl (C=O) groups excluding carboxylic acids is 1. The summed E-state index contributed by atoms with van der Waals surface area (Å²) in [6.07, 6.45) is 5.00. The summed E-state index contributed by atoms with van der Waals surface area (Å²) in [6.45, 7) is 3.08. The van der Waals surface area contributed by atoms with Crippen LogP contribution in [0.2, 0.25) is 0 Å². The Hall–Kier alpha value is -3.66. The average Bonchev–Trinajstić information content (AvgIpc) is 2.76. The summed E-state index contributed by atoms with van der Waals surface area (Å²) in [5, 5.41) is 2.74. The fraction of sp³-hybridized carbons (Fsp3) is 0.273. The number of anilines is 3. The third-order valence-electron chi connectivity index (χ3n) is 5.27. The molecule has 0 radical (unpaired) electrons. The zero-order chi connectivity index (χ0) is 22.8. The van der Waals surface area contributed by atoms with Gasteiger partial charge in [0, 0.05) is 37.1 Å². The van der Waals surface area contributed by atoms with E-state index in [0.29, 0.717) is 17.9 Å². The second-order valence-electron chi connectivity index (χ2n) is 7.73. The zero-order valence-corrected chi connectivity index (χ0v) is 17.5. The minimum absolute atomic E-state index is 0.0363. The SMILES string of the molecule is Cc1ccc(F)c(-c2nc(C(=O)Nc3cnccc3N3CCCC(N)C3)c(N)cc2F)n1. The third kappa shape index (κ3) is 4.35. The Morgan fingerprint density at radius 2 is 1.97 bits per heavy atom. The third-order valence-corrected chi connectivity index (χ3v) is 5.27. The van der Waals surface area contributed by atoms with E-state index < -0.39 is 17.5 Å². The van der Waals surface area contributed by atoms with Crippen LogP contribution in [0.4, 0.5) is 25.8 Å². The molecule has 1 saturated heterocycles. The van der Waals surface area contributed by atoms with Gasteiger partial charge in [-0.05, 0) is 38.0 Å². The number of amides is 1. The van der Waals surface area contributed by atoms with E-state index in [1.165, 1.54) is 18.3 Å². The summed E-state index contributed by atoms with van der Waals surface area (Å²) in [7, 11) is 0. The van der Waals surface area contributed by atoms with Crippen LogP contribution in [0, 0.1) is 18.6 Å². The van der Waals surface area contributed by atoms with Crippen LogP contribution < -0.4 is 21.7 Å². The van der Waals surface area contributed by atoms with Crippen molar-refractivity contribution in [1.29, 1.82) is 0 Å². The number of piperidine rings is 1. The van der Waals surface area contributed by atoms with Crippen LogP contribution in [-0.4, -0.2) is 40.0 Å². The fourth-order valence-electron chi connectivity index (χ4n) is 3.73. The molecule has 166 valence electrons. The van der Waals surface area contributed by atoms with E-state index in [0.717, 1.165) is 31.1 Å². The van der Waals surface area contributed by atoms with Crippen molar-refractivity contribution in [3.05, 3.63) is 59.7 Å². The predicted molar refractivity (Wildman–Crippen MR) is 118 cm³/mol. The molecular weight excluding hydrogens is 416 g/mol. The van der Waals surface area contributed by atoms with Gasteiger partial charge in [0.05, 0.1) is 23.3 Å². The number of halogens is 2. The molecule has 10 heteroatoms. The van der Waals surface area contributed by atoms with E-state index in [9.17, 15) is 13.6 Å². The number of nitrogen functional groups attached to an aromatic ring is 1. The molecular formula is C22H23F2N7O. The van der Waals surface area contributed by atoms with Gasteiger partial charge in [-0.25, -0.2) is 18.7 Å². The Morgan fingerprint density at radius 3 is 2.75 bits per heavy atom. The summed E-state index contributed by atoms with van der Waals surface area (Å²) < 4.78 is 28.8. The van der Waals surface area contributed by atoms with Gasteiger partial charge in [0.1, 0.15) is 11.4 Å². The highest BCUT2D eigenvalue weighted by Gasteiger charge is 2.23. The molecule has 1 aliphatic heterocycles. The van der Waals surface area contributed by atoms with Crippen molar-refractivity contribution >= 4 is 23.0 Å². The Bertz CT molecular complexity index is 1170. The molecule has 4 rings (SSSR count). The minimum Gasteiger partial charge on any atom is -0.397 e. The second-order valence-corrected chi connectivity index (χ2v) is 7.73. The number of aryl methyl sites for hydroxylation is 1. The molecule has 1 amide bonds. The molecule has 1 atom stereocenters. The Kier molecular flexibility index (Phi) is 5.95. The maximum atomic E-state index is 14.6. The maximum absolute atomic E-state index is 14.6. The zero-order valence-electron chi connectivity index (χ0n) is 17.5. The lowest BCUT2D eigenvalue weighted by molar-refractivity contribution is 0.102. The first-order valence-corrected chi connectivity index (χ1v) is 10.2. The summed E-state index contributed by atoms with van der Waals surface area (Å²) in [5.41, 5.74) is 12.5. The van der Waals surface area contributed by atoms with Gasteiger partial charge in [0.2, 0.25) is 0 Å². The molecule has 1 unspecified atom stereocenters. The van der Waals surface area contributed by atoms with Gasteiger partial charge >= 0.3 is 0 Å². The van der Waals surface area contributed by atoms with Crippen LogP contribution >= 0.6 is 0 Å². The molecule has 3 aromatic rings. The molecule has 0 aromatic carbocycles. The van der Waals surface area contributed by atoms with Crippen molar-refractivity contribution in [2.75, 3.05) is 29.0 Å². The number of hydrogen-bond acceptors (Lipinski definition) is 7. The lowest BCUT2D eigenvalue weighted by Gasteiger charge is -2.33. The molecule has 4 heterocycles. The Balaban J connectivity index is 1.67. The fourth-order valence-corrected chi connectivity index (χ4v) is 3.73. The number of rotatable bonds is 4. The van der Waals surface area contributed by atoms with Gasteiger partial charge < -0.3 is 21.7 Å². The number of nitrogens with one attached hydrogen (secondary N) is 1. The second kappa shape index (κ2) is 8.83. The van der Waals surface area contributed by atoms with E-state index >= 15 is 0 Å². The molecule has 5 N–H and O–H groups in total. The Labute approximate surface area is 183 Å². The normalized spacial score (nSPS) is 16.1. The first kappa shape index (κ1) is 21.6. The number of nitrogens with zero attached hydrogens (tertiary/aromatic N) is 4.